The van der Waals surface area contributed by atoms with Crippen molar-refractivity contribution in [2.45, 2.75) is 65.0 Å². The second kappa shape index (κ2) is 6.43. The minimum atomic E-state index is 0.209. The molecule has 1 aromatic carbocycles. The summed E-state index contributed by atoms with van der Waals surface area (Å²) >= 11 is 0. The summed E-state index contributed by atoms with van der Waals surface area (Å²) in [6, 6.07) is 11.1. The first kappa shape index (κ1) is 15.1. The summed E-state index contributed by atoms with van der Waals surface area (Å²) < 4.78 is 0. The summed E-state index contributed by atoms with van der Waals surface area (Å²) in [5.74, 6) is 1.02. The van der Waals surface area contributed by atoms with E-state index in [0.717, 1.165) is 19.3 Å². The zero-order valence-corrected chi connectivity index (χ0v) is 13.2. The molecule has 1 saturated carbocycles. The zero-order chi connectivity index (χ0) is 14.7. The summed E-state index contributed by atoms with van der Waals surface area (Å²) in [6.07, 6.45) is 3.07. The molecule has 0 saturated heterocycles. The van der Waals surface area contributed by atoms with Crippen LogP contribution in [0.15, 0.2) is 30.3 Å². The van der Waals surface area contributed by atoms with Gasteiger partial charge in [0.1, 0.15) is 0 Å². The minimum absolute atomic E-state index is 0.209. The van der Waals surface area contributed by atoms with Crippen molar-refractivity contribution in [3.05, 3.63) is 35.9 Å². The summed E-state index contributed by atoms with van der Waals surface area (Å²) in [6.45, 7) is 8.66. The molecule has 20 heavy (non-hydrogen) atoms. The molecule has 110 valence electrons. The van der Waals surface area contributed by atoms with E-state index in [9.17, 15) is 4.79 Å². The van der Waals surface area contributed by atoms with Gasteiger partial charge in [0.15, 0.2) is 0 Å². The highest BCUT2D eigenvalue weighted by Gasteiger charge is 2.46. The average Bonchev–Trinajstić information content (AvgIpc) is 3.28. The van der Waals surface area contributed by atoms with Gasteiger partial charge in [0.25, 0.3) is 0 Å². The van der Waals surface area contributed by atoms with E-state index >= 15 is 0 Å². The topological polar surface area (TPSA) is 20.3 Å². The Balaban J connectivity index is 2.07. The molecule has 1 aliphatic rings. The van der Waals surface area contributed by atoms with Crippen molar-refractivity contribution < 1.29 is 4.79 Å². The van der Waals surface area contributed by atoms with Crippen molar-refractivity contribution >= 4 is 5.91 Å². The Kier molecular flexibility index (Phi) is 4.85. The van der Waals surface area contributed by atoms with Crippen LogP contribution in [0.2, 0.25) is 0 Å². The Morgan fingerprint density at radius 2 is 1.70 bits per heavy atom. The van der Waals surface area contributed by atoms with Crippen LogP contribution in [0, 0.1) is 5.92 Å². The molecule has 0 aromatic heterocycles. The van der Waals surface area contributed by atoms with Crippen molar-refractivity contribution in [2.75, 3.05) is 0 Å². The van der Waals surface area contributed by atoms with Crippen molar-refractivity contribution in [3.8, 4) is 0 Å². The monoisotopic (exact) mass is 273 g/mol. The highest BCUT2D eigenvalue weighted by atomic mass is 16.2. The summed E-state index contributed by atoms with van der Waals surface area (Å²) in [5, 5.41) is 0. The molecule has 0 bridgehead atoms. The van der Waals surface area contributed by atoms with Crippen LogP contribution in [-0.2, 0) is 4.79 Å². The number of carbonyl (C=O) groups is 1. The maximum absolute atomic E-state index is 12.8. The van der Waals surface area contributed by atoms with Crippen LogP contribution in [0.1, 0.15) is 58.4 Å². The van der Waals surface area contributed by atoms with Gasteiger partial charge in [-0.25, -0.2) is 0 Å². The lowest BCUT2D eigenvalue weighted by molar-refractivity contribution is -0.137. The molecular weight excluding hydrogens is 246 g/mol. The summed E-state index contributed by atoms with van der Waals surface area (Å²) in [7, 11) is 0. The molecule has 0 heterocycles. The van der Waals surface area contributed by atoms with Gasteiger partial charge in [0.2, 0.25) is 5.91 Å². The number of hydrogen-bond donors (Lipinski definition) is 0. The third kappa shape index (κ3) is 3.05. The third-order valence-corrected chi connectivity index (χ3v) is 4.72. The van der Waals surface area contributed by atoms with E-state index in [-0.39, 0.29) is 5.92 Å². The van der Waals surface area contributed by atoms with E-state index in [4.69, 9.17) is 0 Å². The van der Waals surface area contributed by atoms with Crippen molar-refractivity contribution in [2.24, 2.45) is 5.92 Å². The van der Waals surface area contributed by atoms with Gasteiger partial charge < -0.3 is 4.90 Å². The Morgan fingerprint density at radius 1 is 1.15 bits per heavy atom. The maximum atomic E-state index is 12.8. The lowest BCUT2D eigenvalue weighted by Crippen LogP contribution is -2.45. The summed E-state index contributed by atoms with van der Waals surface area (Å²) in [4.78, 5) is 14.9. The molecule has 2 nitrogen and oxygen atoms in total. The van der Waals surface area contributed by atoms with Gasteiger partial charge in [-0.15, -0.1) is 0 Å². The van der Waals surface area contributed by atoms with Crippen LogP contribution in [-0.4, -0.2) is 22.9 Å². The van der Waals surface area contributed by atoms with Crippen molar-refractivity contribution in [3.63, 3.8) is 0 Å². The Bertz CT molecular complexity index is 432. The molecule has 4 atom stereocenters. The number of hydrogen-bond acceptors (Lipinski definition) is 1. The second-order valence-corrected chi connectivity index (χ2v) is 6.12. The first-order valence-electron chi connectivity index (χ1n) is 7.97. The molecule has 1 aromatic rings. The van der Waals surface area contributed by atoms with E-state index in [1.807, 2.05) is 6.07 Å². The molecule has 1 aliphatic carbocycles. The van der Waals surface area contributed by atoms with E-state index in [1.165, 1.54) is 5.56 Å². The third-order valence-electron chi connectivity index (χ3n) is 4.72. The number of nitrogens with zero attached hydrogens (tertiary/aromatic N) is 1. The fourth-order valence-corrected chi connectivity index (χ4v) is 2.99. The van der Waals surface area contributed by atoms with Gasteiger partial charge >= 0.3 is 0 Å². The first-order chi connectivity index (χ1) is 9.60. The number of carbonyl (C=O) groups excluding carboxylic acids is 1. The van der Waals surface area contributed by atoms with Gasteiger partial charge in [-0.3, -0.25) is 4.79 Å². The molecular formula is C18H27NO. The van der Waals surface area contributed by atoms with Gasteiger partial charge in [-0.1, -0.05) is 44.2 Å². The zero-order valence-electron chi connectivity index (χ0n) is 13.2. The number of amides is 1. The Morgan fingerprint density at radius 3 is 2.20 bits per heavy atom. The van der Waals surface area contributed by atoms with Crippen molar-refractivity contribution in [1.29, 1.82) is 0 Å². The quantitative estimate of drug-likeness (QED) is 0.760. The highest BCUT2D eigenvalue weighted by molar-refractivity contribution is 5.83. The van der Waals surface area contributed by atoms with Crippen LogP contribution in [0.25, 0.3) is 0 Å². The molecule has 1 amide bonds. The standard InChI is InChI=1S/C18H27NO/c1-5-13(3)19(14(4)6-2)18(20)17-12-16(17)15-10-8-7-9-11-15/h7-11,13-14,16-17H,5-6,12H2,1-4H3/t13-,14-,16-,17+/m0/s1. The van der Waals surface area contributed by atoms with Crippen LogP contribution in [0.4, 0.5) is 0 Å². The fourth-order valence-electron chi connectivity index (χ4n) is 2.99. The normalized spacial score (nSPS) is 24.0. The smallest absolute Gasteiger partial charge is 0.226 e. The van der Waals surface area contributed by atoms with Crippen LogP contribution in [0.5, 0.6) is 0 Å². The fraction of sp³-hybridized carbons (Fsp3) is 0.611. The highest BCUT2D eigenvalue weighted by Crippen LogP contribution is 2.48. The average molecular weight is 273 g/mol. The number of benzene rings is 1. The van der Waals surface area contributed by atoms with Gasteiger partial charge in [-0.05, 0) is 44.6 Å². The van der Waals surface area contributed by atoms with Crippen LogP contribution < -0.4 is 0 Å². The van der Waals surface area contributed by atoms with Gasteiger partial charge in [0.05, 0.1) is 0 Å². The van der Waals surface area contributed by atoms with Crippen LogP contribution >= 0.6 is 0 Å². The molecule has 0 radical (unpaired) electrons. The van der Waals surface area contributed by atoms with Crippen molar-refractivity contribution in [1.82, 2.24) is 4.90 Å². The Labute approximate surface area is 123 Å². The molecule has 2 rings (SSSR count). The molecule has 0 aliphatic heterocycles. The molecule has 0 spiro atoms. The maximum Gasteiger partial charge on any atom is 0.226 e. The minimum Gasteiger partial charge on any atom is -0.337 e. The lowest BCUT2D eigenvalue weighted by Gasteiger charge is -2.34. The number of rotatable bonds is 6. The predicted octanol–water partition coefficient (Wildman–Crippen LogP) is 4.22. The SMILES string of the molecule is CC[C@H](C)N(C(=O)[C@@H]1C[C@H]1c1ccccc1)[C@@H](C)CC. The molecule has 0 unspecified atom stereocenters. The predicted molar refractivity (Wildman–Crippen MR) is 83.6 cm³/mol. The molecule has 0 N–H and O–H groups in total. The van der Waals surface area contributed by atoms with Gasteiger partial charge in [-0.2, -0.15) is 0 Å². The summed E-state index contributed by atoms with van der Waals surface area (Å²) in [5.41, 5.74) is 1.32. The van der Waals surface area contributed by atoms with E-state index < -0.39 is 0 Å². The van der Waals surface area contributed by atoms with E-state index in [1.54, 1.807) is 0 Å². The largest absolute Gasteiger partial charge is 0.337 e. The van der Waals surface area contributed by atoms with Crippen LogP contribution in [0.3, 0.4) is 0 Å². The first-order valence-corrected chi connectivity index (χ1v) is 7.97. The van der Waals surface area contributed by atoms with E-state index in [2.05, 4.69) is 56.9 Å². The van der Waals surface area contributed by atoms with Gasteiger partial charge in [0, 0.05) is 18.0 Å². The second-order valence-electron chi connectivity index (χ2n) is 6.12. The lowest BCUT2D eigenvalue weighted by atomic mass is 10.1. The molecule has 2 heteroatoms. The Hall–Kier alpha value is -1.31. The van der Waals surface area contributed by atoms with E-state index in [0.29, 0.717) is 23.9 Å². The molecule has 1 fully saturated rings.